The summed E-state index contributed by atoms with van der Waals surface area (Å²) in [4.78, 5) is 34.7. The van der Waals surface area contributed by atoms with E-state index in [-0.39, 0.29) is 23.1 Å². The molecule has 2 amide bonds. The van der Waals surface area contributed by atoms with E-state index in [1.54, 1.807) is 6.20 Å². The van der Waals surface area contributed by atoms with Crippen LogP contribution in [0.5, 0.6) is 0 Å². The second-order valence-corrected chi connectivity index (χ2v) is 6.92. The molecule has 22 heavy (non-hydrogen) atoms. The van der Waals surface area contributed by atoms with Crippen LogP contribution in [0.15, 0.2) is 12.4 Å². The van der Waals surface area contributed by atoms with Gasteiger partial charge in [0.25, 0.3) is 5.91 Å². The summed E-state index contributed by atoms with van der Waals surface area (Å²) >= 11 is 0. The van der Waals surface area contributed by atoms with Crippen LogP contribution in [-0.2, 0) is 4.79 Å². The largest absolute Gasteiger partial charge is 0.353 e. The van der Waals surface area contributed by atoms with Gasteiger partial charge in [0, 0.05) is 36.7 Å². The van der Waals surface area contributed by atoms with E-state index >= 15 is 0 Å². The molecular weight excluding hydrogens is 280 g/mol. The number of hydrogen-bond donors (Lipinski definition) is 1. The topological polar surface area (TPSA) is 75.2 Å². The van der Waals surface area contributed by atoms with Gasteiger partial charge in [-0.25, -0.2) is 4.98 Å². The van der Waals surface area contributed by atoms with Gasteiger partial charge in [0.05, 0.1) is 11.9 Å². The summed E-state index contributed by atoms with van der Waals surface area (Å²) in [6, 6.07) is 0.409. The van der Waals surface area contributed by atoms with Crippen molar-refractivity contribution in [3.63, 3.8) is 0 Å². The molecule has 1 N–H and O–H groups in total. The fourth-order valence-electron chi connectivity index (χ4n) is 3.43. The molecule has 2 aliphatic carbocycles. The number of amides is 2. The smallest absolute Gasteiger partial charge is 0.274 e. The number of nitrogens with one attached hydrogen (secondary N) is 1. The van der Waals surface area contributed by atoms with E-state index in [2.05, 4.69) is 15.3 Å². The maximum absolute atomic E-state index is 12.5. The van der Waals surface area contributed by atoms with Crippen LogP contribution in [0.25, 0.3) is 0 Å². The van der Waals surface area contributed by atoms with E-state index in [9.17, 15) is 9.59 Å². The zero-order valence-corrected chi connectivity index (χ0v) is 12.7. The molecule has 6 heteroatoms. The van der Waals surface area contributed by atoms with Gasteiger partial charge in [-0.05, 0) is 32.6 Å². The maximum Gasteiger partial charge on any atom is 0.274 e. The Bertz CT molecular complexity index is 626. The summed E-state index contributed by atoms with van der Waals surface area (Å²) in [6.07, 6.45) is 7.20. The molecular formula is C16H20N4O2. The highest BCUT2D eigenvalue weighted by molar-refractivity contribution is 5.92. The molecule has 0 bridgehead atoms. The number of hydrogen-bond acceptors (Lipinski definition) is 4. The van der Waals surface area contributed by atoms with Crippen LogP contribution in [0.4, 0.5) is 0 Å². The first-order valence-electron chi connectivity index (χ1n) is 7.96. The van der Waals surface area contributed by atoms with Gasteiger partial charge in [-0.3, -0.25) is 14.6 Å². The van der Waals surface area contributed by atoms with E-state index in [0.29, 0.717) is 24.8 Å². The summed E-state index contributed by atoms with van der Waals surface area (Å²) in [5, 5.41) is 3.08. The Morgan fingerprint density at radius 3 is 2.82 bits per heavy atom. The fourth-order valence-corrected chi connectivity index (χ4v) is 3.43. The van der Waals surface area contributed by atoms with Gasteiger partial charge >= 0.3 is 0 Å². The minimum absolute atomic E-state index is 0.0206. The van der Waals surface area contributed by atoms with Gasteiger partial charge < -0.3 is 10.2 Å². The van der Waals surface area contributed by atoms with E-state index in [0.717, 1.165) is 31.4 Å². The van der Waals surface area contributed by atoms with Crippen molar-refractivity contribution in [2.45, 2.75) is 38.6 Å². The van der Waals surface area contributed by atoms with Crippen molar-refractivity contribution in [2.24, 2.45) is 11.3 Å². The second kappa shape index (κ2) is 4.76. The quantitative estimate of drug-likeness (QED) is 0.900. The molecule has 1 saturated heterocycles. The lowest BCUT2D eigenvalue weighted by molar-refractivity contribution is -0.123. The number of likely N-dealkylation sites (tertiary alicyclic amines) is 1. The molecule has 2 atom stereocenters. The highest BCUT2D eigenvalue weighted by atomic mass is 16.2. The van der Waals surface area contributed by atoms with Gasteiger partial charge in [0.1, 0.15) is 5.69 Å². The molecule has 1 spiro atoms. The van der Waals surface area contributed by atoms with Crippen LogP contribution in [0.1, 0.15) is 41.9 Å². The molecule has 4 rings (SSSR count). The molecule has 3 aliphatic rings. The summed E-state index contributed by atoms with van der Waals surface area (Å²) in [7, 11) is 0. The molecule has 3 fully saturated rings. The van der Waals surface area contributed by atoms with Crippen LogP contribution in [0, 0.1) is 18.3 Å². The van der Waals surface area contributed by atoms with Crippen LogP contribution in [0.2, 0.25) is 0 Å². The number of aromatic nitrogens is 2. The van der Waals surface area contributed by atoms with Crippen molar-refractivity contribution < 1.29 is 9.59 Å². The Morgan fingerprint density at radius 2 is 2.14 bits per heavy atom. The third kappa shape index (κ3) is 2.36. The first-order chi connectivity index (χ1) is 10.6. The average Bonchev–Trinajstić information content (AvgIpc) is 3.38. The summed E-state index contributed by atoms with van der Waals surface area (Å²) in [6.45, 7) is 3.23. The molecule has 1 aromatic heterocycles. The average molecular weight is 300 g/mol. The lowest BCUT2D eigenvalue weighted by Gasteiger charge is -2.16. The van der Waals surface area contributed by atoms with Crippen molar-refractivity contribution in [1.29, 1.82) is 0 Å². The monoisotopic (exact) mass is 300 g/mol. The van der Waals surface area contributed by atoms with Gasteiger partial charge in [-0.2, -0.15) is 0 Å². The van der Waals surface area contributed by atoms with Gasteiger partial charge in [0.2, 0.25) is 5.91 Å². The summed E-state index contributed by atoms with van der Waals surface area (Å²) < 4.78 is 0. The lowest BCUT2D eigenvalue weighted by atomic mass is 10.0. The predicted molar refractivity (Wildman–Crippen MR) is 79.0 cm³/mol. The van der Waals surface area contributed by atoms with E-state index in [1.165, 1.54) is 6.20 Å². The molecule has 0 unspecified atom stereocenters. The number of carbonyl (C=O) groups is 2. The zero-order valence-electron chi connectivity index (χ0n) is 12.7. The highest BCUT2D eigenvalue weighted by Gasteiger charge is 2.61. The van der Waals surface area contributed by atoms with Crippen molar-refractivity contribution in [3.05, 3.63) is 23.8 Å². The molecule has 0 radical (unpaired) electrons. The highest BCUT2D eigenvalue weighted by Crippen LogP contribution is 2.58. The van der Waals surface area contributed by atoms with Crippen LogP contribution >= 0.6 is 0 Å². The Hall–Kier alpha value is -1.98. The zero-order chi connectivity index (χ0) is 15.3. The van der Waals surface area contributed by atoms with Crippen molar-refractivity contribution in [2.75, 3.05) is 13.1 Å². The maximum atomic E-state index is 12.5. The van der Waals surface area contributed by atoms with Crippen molar-refractivity contribution >= 4 is 11.8 Å². The Kier molecular flexibility index (Phi) is 2.96. The number of nitrogens with zero attached hydrogens (tertiary/aromatic N) is 3. The fraction of sp³-hybridized carbons (Fsp3) is 0.625. The van der Waals surface area contributed by atoms with Crippen molar-refractivity contribution in [1.82, 2.24) is 20.2 Å². The standard InChI is InChI=1S/C16H20N4O2/c1-10-7-18-13(8-17-10)15(22)20-5-4-16(9-20)6-12(16)14(21)19-11-2-3-11/h7-8,11-12H,2-6,9H2,1H3,(H,19,21)/t12-,16+/m0/s1. The second-order valence-electron chi connectivity index (χ2n) is 6.92. The molecule has 1 aliphatic heterocycles. The molecule has 1 aromatic rings. The molecule has 6 nitrogen and oxygen atoms in total. The predicted octanol–water partition coefficient (Wildman–Crippen LogP) is 0.916. The number of aryl methyl sites for hydroxylation is 1. The molecule has 116 valence electrons. The molecule has 2 heterocycles. The van der Waals surface area contributed by atoms with Crippen molar-refractivity contribution in [3.8, 4) is 0 Å². The summed E-state index contributed by atoms with van der Waals surface area (Å²) in [5.41, 5.74) is 1.21. The van der Waals surface area contributed by atoms with Gasteiger partial charge in [0.15, 0.2) is 0 Å². The Labute approximate surface area is 129 Å². The Morgan fingerprint density at radius 1 is 1.32 bits per heavy atom. The van der Waals surface area contributed by atoms with E-state index in [4.69, 9.17) is 0 Å². The van der Waals surface area contributed by atoms with E-state index in [1.807, 2.05) is 11.8 Å². The Balaban J connectivity index is 1.39. The third-order valence-corrected chi connectivity index (χ3v) is 5.10. The number of rotatable bonds is 3. The van der Waals surface area contributed by atoms with Gasteiger partial charge in [-0.15, -0.1) is 0 Å². The van der Waals surface area contributed by atoms with Crippen LogP contribution < -0.4 is 5.32 Å². The first-order valence-corrected chi connectivity index (χ1v) is 7.96. The summed E-state index contributed by atoms with van der Waals surface area (Å²) in [5.74, 6) is 0.208. The van der Waals surface area contributed by atoms with Gasteiger partial charge in [-0.1, -0.05) is 0 Å². The van der Waals surface area contributed by atoms with Crippen LogP contribution in [-0.4, -0.2) is 45.8 Å². The third-order valence-electron chi connectivity index (χ3n) is 5.10. The molecule has 0 aromatic carbocycles. The van der Waals surface area contributed by atoms with Crippen LogP contribution in [0.3, 0.4) is 0 Å². The minimum Gasteiger partial charge on any atom is -0.353 e. The minimum atomic E-state index is -0.0716. The van der Waals surface area contributed by atoms with E-state index < -0.39 is 0 Å². The molecule has 2 saturated carbocycles. The normalized spacial score (nSPS) is 29.7. The number of carbonyl (C=O) groups excluding carboxylic acids is 2. The SMILES string of the molecule is Cc1cnc(C(=O)N2CC[C@@]3(C[C@H]3C(=O)NC3CC3)C2)cn1. The lowest BCUT2D eigenvalue weighted by Crippen LogP contribution is -2.32. The first kappa shape index (κ1) is 13.7.